The Balaban J connectivity index is 2.09. The van der Waals surface area contributed by atoms with Crippen molar-refractivity contribution in [2.75, 3.05) is 0 Å². The third-order valence-electron chi connectivity index (χ3n) is 4.12. The Bertz CT molecular complexity index is 593. The number of H-pyrrole nitrogens is 1. The highest BCUT2D eigenvalue weighted by atomic mass is 32.2. The van der Waals surface area contributed by atoms with E-state index >= 15 is 0 Å². The van der Waals surface area contributed by atoms with Crippen LogP contribution >= 0.6 is 0 Å². The van der Waals surface area contributed by atoms with E-state index in [4.69, 9.17) is 5.11 Å². The highest BCUT2D eigenvalue weighted by Gasteiger charge is 2.28. The minimum atomic E-state index is -3.66. The summed E-state index contributed by atoms with van der Waals surface area (Å²) in [7, 11) is -3.66. The van der Waals surface area contributed by atoms with E-state index in [9.17, 15) is 13.2 Å². The van der Waals surface area contributed by atoms with Crippen molar-refractivity contribution in [1.82, 2.24) is 9.71 Å². The zero-order valence-corrected chi connectivity index (χ0v) is 12.4. The Morgan fingerprint density at radius 3 is 2.60 bits per heavy atom. The molecule has 20 heavy (non-hydrogen) atoms. The maximum absolute atomic E-state index is 12.2. The molecule has 2 rings (SSSR count). The van der Waals surface area contributed by atoms with Crippen LogP contribution in [0.3, 0.4) is 0 Å². The summed E-state index contributed by atoms with van der Waals surface area (Å²) in [5.74, 6) is -0.0783. The highest BCUT2D eigenvalue weighted by molar-refractivity contribution is 7.89. The summed E-state index contributed by atoms with van der Waals surface area (Å²) in [6, 6.07) is 1.06. The van der Waals surface area contributed by atoms with Crippen molar-refractivity contribution in [3.63, 3.8) is 0 Å². The molecule has 0 saturated heterocycles. The van der Waals surface area contributed by atoms with Crippen LogP contribution in [-0.4, -0.2) is 30.5 Å². The average molecular weight is 300 g/mol. The minimum Gasteiger partial charge on any atom is -0.477 e. The van der Waals surface area contributed by atoms with Gasteiger partial charge in [-0.1, -0.05) is 13.8 Å². The second-order valence-corrected chi connectivity index (χ2v) is 7.35. The molecule has 1 aliphatic rings. The van der Waals surface area contributed by atoms with Crippen LogP contribution in [-0.2, 0) is 10.0 Å². The number of hydrogen-bond donors (Lipinski definition) is 3. The second kappa shape index (κ2) is 5.57. The first kappa shape index (κ1) is 15.1. The second-order valence-electron chi connectivity index (χ2n) is 5.64. The first-order chi connectivity index (χ1) is 9.29. The van der Waals surface area contributed by atoms with Crippen molar-refractivity contribution >= 4 is 16.0 Å². The van der Waals surface area contributed by atoms with Gasteiger partial charge >= 0.3 is 5.97 Å². The number of rotatable bonds is 4. The summed E-state index contributed by atoms with van der Waals surface area (Å²) < 4.78 is 27.1. The van der Waals surface area contributed by atoms with Gasteiger partial charge in [0.15, 0.2) is 0 Å². The monoisotopic (exact) mass is 300 g/mol. The normalized spacial score (nSPS) is 27.4. The number of aromatic amines is 1. The quantitative estimate of drug-likeness (QED) is 0.789. The molecular weight excluding hydrogens is 280 g/mol. The van der Waals surface area contributed by atoms with Crippen molar-refractivity contribution in [1.29, 1.82) is 0 Å². The molecule has 3 N–H and O–H groups in total. The lowest BCUT2D eigenvalue weighted by atomic mass is 9.79. The summed E-state index contributed by atoms with van der Waals surface area (Å²) in [6.45, 7) is 4.31. The number of carboxylic acids is 1. The third-order valence-corrected chi connectivity index (χ3v) is 5.62. The minimum absolute atomic E-state index is 0.0267. The summed E-state index contributed by atoms with van der Waals surface area (Å²) in [5.41, 5.74) is -0.129. The van der Waals surface area contributed by atoms with Gasteiger partial charge in [-0.3, -0.25) is 0 Å². The smallest absolute Gasteiger partial charge is 0.352 e. The number of sulfonamides is 1. The molecule has 0 radical (unpaired) electrons. The zero-order valence-electron chi connectivity index (χ0n) is 11.6. The van der Waals surface area contributed by atoms with E-state index in [0.717, 1.165) is 25.3 Å². The molecule has 1 aromatic rings. The van der Waals surface area contributed by atoms with Gasteiger partial charge in [-0.2, -0.15) is 0 Å². The van der Waals surface area contributed by atoms with E-state index in [-0.39, 0.29) is 16.6 Å². The van der Waals surface area contributed by atoms with Gasteiger partial charge in [-0.05, 0) is 37.2 Å². The molecule has 1 aromatic heterocycles. The first-order valence-corrected chi connectivity index (χ1v) is 8.22. The maximum Gasteiger partial charge on any atom is 0.352 e. The van der Waals surface area contributed by atoms with E-state index in [0.29, 0.717) is 11.8 Å². The van der Waals surface area contributed by atoms with E-state index in [1.807, 2.05) is 0 Å². The Hall–Kier alpha value is -1.34. The topological polar surface area (TPSA) is 99.3 Å². The van der Waals surface area contributed by atoms with E-state index in [1.165, 1.54) is 6.20 Å². The number of carboxylic acid groups (broad SMARTS) is 1. The lowest BCUT2D eigenvalue weighted by Gasteiger charge is -2.32. The number of nitrogens with one attached hydrogen (secondary N) is 2. The summed E-state index contributed by atoms with van der Waals surface area (Å²) >= 11 is 0. The molecule has 0 bridgehead atoms. The van der Waals surface area contributed by atoms with Crippen LogP contribution in [0.25, 0.3) is 0 Å². The standard InChI is InChI=1S/C13H20N2O4S/c1-8-3-4-10(5-9(8)2)15-20(18,19)11-6-12(13(16)17)14-7-11/h6-10,14-15H,3-5H2,1-2H3,(H,16,17). The Morgan fingerprint density at radius 1 is 1.35 bits per heavy atom. The van der Waals surface area contributed by atoms with Gasteiger partial charge in [0.05, 0.1) is 0 Å². The van der Waals surface area contributed by atoms with Crippen LogP contribution in [0, 0.1) is 11.8 Å². The van der Waals surface area contributed by atoms with Gasteiger partial charge in [0, 0.05) is 12.2 Å². The molecule has 0 amide bonds. The highest BCUT2D eigenvalue weighted by Crippen LogP contribution is 2.30. The number of hydrogen-bond acceptors (Lipinski definition) is 3. The molecule has 1 heterocycles. The molecule has 0 aromatic carbocycles. The fourth-order valence-electron chi connectivity index (χ4n) is 2.60. The van der Waals surface area contributed by atoms with Crippen LogP contribution in [0.15, 0.2) is 17.2 Å². The van der Waals surface area contributed by atoms with Crippen LogP contribution in [0.2, 0.25) is 0 Å². The van der Waals surface area contributed by atoms with Crippen molar-refractivity contribution < 1.29 is 18.3 Å². The molecule has 7 heteroatoms. The Morgan fingerprint density at radius 2 is 2.05 bits per heavy atom. The van der Waals surface area contributed by atoms with Gasteiger partial charge in [0.25, 0.3) is 0 Å². The summed E-state index contributed by atoms with van der Waals surface area (Å²) in [6.07, 6.45) is 3.85. The fourth-order valence-corrected chi connectivity index (χ4v) is 3.87. The Kier molecular flexibility index (Phi) is 4.19. The molecule has 3 atom stereocenters. The van der Waals surface area contributed by atoms with E-state index in [2.05, 4.69) is 23.6 Å². The van der Waals surface area contributed by atoms with Crippen molar-refractivity contribution in [2.45, 2.75) is 44.0 Å². The van der Waals surface area contributed by atoms with Gasteiger partial charge in [0.1, 0.15) is 10.6 Å². The molecule has 3 unspecified atom stereocenters. The molecule has 0 spiro atoms. The van der Waals surface area contributed by atoms with Gasteiger partial charge in [0.2, 0.25) is 10.0 Å². The molecule has 0 aliphatic heterocycles. The van der Waals surface area contributed by atoms with Crippen LogP contribution < -0.4 is 4.72 Å². The van der Waals surface area contributed by atoms with Crippen molar-refractivity contribution in [3.8, 4) is 0 Å². The lowest BCUT2D eigenvalue weighted by Crippen LogP contribution is -2.39. The molecule has 1 aliphatic carbocycles. The molecule has 112 valence electrons. The predicted octanol–water partition coefficient (Wildman–Crippen LogP) is 1.82. The van der Waals surface area contributed by atoms with E-state index < -0.39 is 16.0 Å². The Labute approximate surface area is 118 Å². The van der Waals surface area contributed by atoms with Crippen molar-refractivity contribution in [2.24, 2.45) is 11.8 Å². The third kappa shape index (κ3) is 3.21. The van der Waals surface area contributed by atoms with Crippen molar-refractivity contribution in [3.05, 3.63) is 18.0 Å². The average Bonchev–Trinajstić information content (AvgIpc) is 2.84. The van der Waals surface area contributed by atoms with Gasteiger partial charge in [-0.25, -0.2) is 17.9 Å². The van der Waals surface area contributed by atoms with E-state index in [1.54, 1.807) is 0 Å². The molecule has 6 nitrogen and oxygen atoms in total. The predicted molar refractivity (Wildman–Crippen MR) is 74.0 cm³/mol. The van der Waals surface area contributed by atoms with Crippen LogP contribution in [0.4, 0.5) is 0 Å². The lowest BCUT2D eigenvalue weighted by molar-refractivity contribution is 0.0691. The SMILES string of the molecule is CC1CCC(NS(=O)(=O)c2c[nH]c(C(=O)O)c2)CC1C. The number of aromatic nitrogens is 1. The maximum atomic E-state index is 12.2. The van der Waals surface area contributed by atoms with Gasteiger partial charge in [-0.15, -0.1) is 0 Å². The summed E-state index contributed by atoms with van der Waals surface area (Å²) in [5, 5.41) is 8.80. The first-order valence-electron chi connectivity index (χ1n) is 6.73. The molecular formula is C13H20N2O4S. The largest absolute Gasteiger partial charge is 0.477 e. The van der Waals surface area contributed by atoms with Gasteiger partial charge < -0.3 is 10.1 Å². The van der Waals surface area contributed by atoms with Crippen LogP contribution in [0.1, 0.15) is 43.6 Å². The zero-order chi connectivity index (χ0) is 14.9. The number of carbonyl (C=O) groups is 1. The summed E-state index contributed by atoms with van der Waals surface area (Å²) in [4.78, 5) is 13.2. The molecule has 1 fully saturated rings. The fraction of sp³-hybridized carbons (Fsp3) is 0.615. The molecule has 1 saturated carbocycles. The number of aromatic carboxylic acids is 1. The van der Waals surface area contributed by atoms with Crippen LogP contribution in [0.5, 0.6) is 0 Å².